The van der Waals surface area contributed by atoms with Crippen molar-refractivity contribution in [3.63, 3.8) is 0 Å². The van der Waals surface area contributed by atoms with E-state index in [1.54, 1.807) is 31.4 Å². The number of likely N-dealkylation sites (tertiary alicyclic amines) is 1. The zero-order valence-corrected chi connectivity index (χ0v) is 28.7. The average Bonchev–Trinajstić information content (AvgIpc) is 3.56. The SMILES string of the molecule is COc1ccc([C@H](Cc2c(Cl)cncc2Cl)OC(=O)c2ccc(CNC(C(=O)OC3CCN(C)CC3)c3ccccc3)s2)cc1OC. The van der Waals surface area contributed by atoms with Crippen LogP contribution in [-0.2, 0) is 27.2 Å². The highest BCUT2D eigenvalue weighted by Gasteiger charge is 2.28. The molecule has 1 aliphatic rings. The Morgan fingerprint density at radius 1 is 0.957 bits per heavy atom. The number of halogens is 2. The molecule has 9 nitrogen and oxygen atoms in total. The van der Waals surface area contributed by atoms with Gasteiger partial charge in [-0.2, -0.15) is 0 Å². The molecule has 0 saturated carbocycles. The first-order chi connectivity index (χ1) is 22.7. The number of carbonyl (C=O) groups is 2. The van der Waals surface area contributed by atoms with E-state index in [0.29, 0.717) is 44.1 Å². The van der Waals surface area contributed by atoms with Crippen molar-refractivity contribution < 1.29 is 28.5 Å². The van der Waals surface area contributed by atoms with Crippen molar-refractivity contribution in [2.45, 2.75) is 44.1 Å². The van der Waals surface area contributed by atoms with Gasteiger partial charge in [-0.25, -0.2) is 9.59 Å². The minimum Gasteiger partial charge on any atom is -0.493 e. The number of carbonyl (C=O) groups excluding carboxylic acids is 2. The zero-order valence-electron chi connectivity index (χ0n) is 26.4. The van der Waals surface area contributed by atoms with Gasteiger partial charge in [0.15, 0.2) is 11.5 Å². The first kappa shape index (κ1) is 34.7. The maximum Gasteiger partial charge on any atom is 0.348 e. The minimum absolute atomic E-state index is 0.106. The van der Waals surface area contributed by atoms with Crippen LogP contribution in [-0.4, -0.2) is 62.3 Å². The molecule has 1 N–H and O–H groups in total. The molecule has 12 heteroatoms. The molecule has 0 bridgehead atoms. The molecule has 47 heavy (non-hydrogen) atoms. The quantitative estimate of drug-likeness (QED) is 0.147. The highest BCUT2D eigenvalue weighted by molar-refractivity contribution is 7.13. The summed E-state index contributed by atoms with van der Waals surface area (Å²) in [7, 11) is 5.16. The Balaban J connectivity index is 1.31. The third kappa shape index (κ3) is 9.03. The molecule has 0 spiro atoms. The number of pyridine rings is 1. The van der Waals surface area contributed by atoms with Gasteiger partial charge in [-0.3, -0.25) is 10.3 Å². The van der Waals surface area contributed by atoms with Crippen LogP contribution >= 0.6 is 34.5 Å². The summed E-state index contributed by atoms with van der Waals surface area (Å²) >= 11 is 14.2. The van der Waals surface area contributed by atoms with Crippen molar-refractivity contribution in [1.29, 1.82) is 0 Å². The van der Waals surface area contributed by atoms with Gasteiger partial charge in [-0.1, -0.05) is 59.6 Å². The average molecular weight is 699 g/mol. The van der Waals surface area contributed by atoms with Gasteiger partial charge in [0.1, 0.15) is 23.1 Å². The Hall–Kier alpha value is -3.67. The monoisotopic (exact) mass is 697 g/mol. The molecule has 4 aromatic rings. The summed E-state index contributed by atoms with van der Waals surface area (Å²) in [5.41, 5.74) is 2.09. The Kier molecular flexibility index (Phi) is 12.1. The highest BCUT2D eigenvalue weighted by Crippen LogP contribution is 2.36. The first-order valence-corrected chi connectivity index (χ1v) is 16.8. The molecule has 1 fully saturated rings. The second-order valence-corrected chi connectivity index (χ2v) is 13.2. The normalized spacial score (nSPS) is 15.1. The van der Waals surface area contributed by atoms with E-state index in [0.717, 1.165) is 36.4 Å². The summed E-state index contributed by atoms with van der Waals surface area (Å²) in [6.45, 7) is 2.14. The van der Waals surface area contributed by atoms with Crippen LogP contribution in [0.25, 0.3) is 0 Å². The Morgan fingerprint density at radius 3 is 2.34 bits per heavy atom. The third-order valence-corrected chi connectivity index (χ3v) is 9.75. The van der Waals surface area contributed by atoms with Crippen molar-refractivity contribution in [3.8, 4) is 11.5 Å². The van der Waals surface area contributed by atoms with E-state index in [1.807, 2.05) is 36.4 Å². The molecule has 1 saturated heterocycles. The predicted octanol–water partition coefficient (Wildman–Crippen LogP) is 7.08. The number of nitrogens with zero attached hydrogens (tertiary/aromatic N) is 2. The second kappa shape index (κ2) is 16.4. The van der Waals surface area contributed by atoms with Crippen molar-refractivity contribution in [1.82, 2.24) is 15.2 Å². The largest absolute Gasteiger partial charge is 0.493 e. The summed E-state index contributed by atoms with van der Waals surface area (Å²) in [5, 5.41) is 4.08. The Labute approximate surface area is 288 Å². The topological polar surface area (TPSA) is 99.2 Å². The molecule has 2 aromatic heterocycles. The Morgan fingerprint density at radius 2 is 1.66 bits per heavy atom. The number of benzene rings is 2. The summed E-state index contributed by atoms with van der Waals surface area (Å²) in [6.07, 6.45) is 3.97. The molecule has 0 amide bonds. The summed E-state index contributed by atoms with van der Waals surface area (Å²) in [4.78, 5) is 34.4. The van der Waals surface area contributed by atoms with Crippen LogP contribution in [0.2, 0.25) is 10.0 Å². The summed E-state index contributed by atoms with van der Waals surface area (Å²) < 4.78 is 22.9. The standard InChI is InChI=1S/C35H37Cl2N3O6S/c1-40-15-13-24(14-16-40)45-35(42)33(22-7-5-4-6-8-22)39-19-25-10-12-32(47-25)34(41)46-30(18-26-27(36)20-38-21-28(26)37)23-9-11-29(43-2)31(17-23)44-3/h4-12,17,20-21,24,30,33,39H,13-16,18-19H2,1-3H3/t30-,33?/m0/s1. The van der Waals surface area contributed by atoms with Crippen molar-refractivity contribution in [2.24, 2.45) is 0 Å². The molecule has 1 unspecified atom stereocenters. The summed E-state index contributed by atoms with van der Waals surface area (Å²) in [6, 6.07) is 17.7. The lowest BCUT2D eigenvalue weighted by molar-refractivity contribution is -0.154. The molecule has 0 aliphatic carbocycles. The van der Waals surface area contributed by atoms with E-state index in [9.17, 15) is 9.59 Å². The highest BCUT2D eigenvalue weighted by atomic mass is 35.5. The molecular weight excluding hydrogens is 661 g/mol. The number of hydrogen-bond acceptors (Lipinski definition) is 10. The number of ether oxygens (including phenoxy) is 4. The molecule has 248 valence electrons. The van der Waals surface area contributed by atoms with E-state index < -0.39 is 18.1 Å². The van der Waals surface area contributed by atoms with Crippen LogP contribution < -0.4 is 14.8 Å². The van der Waals surface area contributed by atoms with Crippen LogP contribution in [0.5, 0.6) is 11.5 Å². The van der Waals surface area contributed by atoms with E-state index in [1.165, 1.54) is 30.8 Å². The van der Waals surface area contributed by atoms with Crippen molar-refractivity contribution in [2.75, 3.05) is 34.4 Å². The third-order valence-electron chi connectivity index (χ3n) is 8.03. The predicted molar refractivity (Wildman–Crippen MR) is 183 cm³/mol. The zero-order chi connectivity index (χ0) is 33.3. The van der Waals surface area contributed by atoms with E-state index in [-0.39, 0.29) is 18.5 Å². The van der Waals surface area contributed by atoms with Gasteiger partial charge in [0.05, 0.1) is 24.3 Å². The molecule has 5 rings (SSSR count). The molecule has 1 aliphatic heterocycles. The van der Waals surface area contributed by atoms with Crippen LogP contribution in [0.15, 0.2) is 73.1 Å². The number of methoxy groups -OCH3 is 2. The van der Waals surface area contributed by atoms with Gasteiger partial charge in [-0.05, 0) is 60.8 Å². The van der Waals surface area contributed by atoms with Crippen molar-refractivity contribution in [3.05, 3.63) is 110 Å². The van der Waals surface area contributed by atoms with Gasteiger partial charge >= 0.3 is 11.9 Å². The number of piperidine rings is 1. The van der Waals surface area contributed by atoms with Crippen LogP contribution in [0.4, 0.5) is 0 Å². The lowest BCUT2D eigenvalue weighted by Crippen LogP contribution is -2.38. The lowest BCUT2D eigenvalue weighted by Gasteiger charge is -2.30. The molecule has 3 heterocycles. The van der Waals surface area contributed by atoms with Gasteiger partial charge in [-0.15, -0.1) is 11.3 Å². The first-order valence-electron chi connectivity index (χ1n) is 15.2. The second-order valence-electron chi connectivity index (χ2n) is 11.2. The smallest absolute Gasteiger partial charge is 0.348 e. The number of rotatable bonds is 13. The van der Waals surface area contributed by atoms with E-state index in [2.05, 4.69) is 22.2 Å². The number of hydrogen-bond donors (Lipinski definition) is 1. The van der Waals surface area contributed by atoms with Crippen LogP contribution in [0.1, 0.15) is 56.2 Å². The number of thiophene rings is 1. The van der Waals surface area contributed by atoms with E-state index in [4.69, 9.17) is 42.1 Å². The Bertz CT molecular complexity index is 1640. The maximum absolute atomic E-state index is 13.5. The van der Waals surface area contributed by atoms with Crippen LogP contribution in [0, 0.1) is 0 Å². The fraction of sp³-hybridized carbons (Fsp3) is 0.343. The summed E-state index contributed by atoms with van der Waals surface area (Å²) in [5.74, 6) is 0.210. The van der Waals surface area contributed by atoms with Gasteiger partial charge in [0, 0.05) is 43.3 Å². The molecular formula is C35H37Cl2N3O6S. The van der Waals surface area contributed by atoms with E-state index >= 15 is 0 Å². The number of esters is 2. The van der Waals surface area contributed by atoms with Gasteiger partial charge < -0.3 is 23.8 Å². The van der Waals surface area contributed by atoms with Gasteiger partial charge in [0.2, 0.25) is 0 Å². The van der Waals surface area contributed by atoms with Crippen molar-refractivity contribution >= 4 is 46.5 Å². The van der Waals surface area contributed by atoms with Gasteiger partial charge in [0.25, 0.3) is 0 Å². The molecule has 2 atom stereocenters. The fourth-order valence-electron chi connectivity index (χ4n) is 5.39. The number of aromatic nitrogens is 1. The maximum atomic E-state index is 13.5. The number of nitrogens with one attached hydrogen (secondary N) is 1. The molecule has 2 aromatic carbocycles. The minimum atomic E-state index is -0.750. The van der Waals surface area contributed by atoms with Crippen LogP contribution in [0.3, 0.4) is 0 Å². The lowest BCUT2D eigenvalue weighted by atomic mass is 10.0. The molecule has 0 radical (unpaired) electrons. The fourth-order valence-corrected chi connectivity index (χ4v) is 6.75.